The van der Waals surface area contributed by atoms with Gasteiger partial charge in [-0.05, 0) is 31.6 Å². The monoisotopic (exact) mass is 214 g/mol. The second-order valence-corrected chi connectivity index (χ2v) is 4.58. The van der Waals surface area contributed by atoms with E-state index in [2.05, 4.69) is 24.2 Å². The van der Waals surface area contributed by atoms with Gasteiger partial charge in [0.2, 0.25) is 0 Å². The molecule has 0 aromatic carbocycles. The fraction of sp³-hybridized carbons (Fsp3) is 0.909. The molecule has 0 bridgehead atoms. The lowest BCUT2D eigenvalue weighted by Crippen LogP contribution is -2.48. The van der Waals surface area contributed by atoms with Gasteiger partial charge in [-0.25, -0.2) is 10.3 Å². The van der Waals surface area contributed by atoms with Crippen molar-refractivity contribution in [3.63, 3.8) is 0 Å². The lowest BCUT2D eigenvalue weighted by Gasteiger charge is -2.36. The summed E-state index contributed by atoms with van der Waals surface area (Å²) < 4.78 is 0. The minimum Gasteiger partial charge on any atom is -0.320 e. The molecule has 0 aromatic heterocycles. The lowest BCUT2D eigenvalue weighted by molar-refractivity contribution is 0.0668. The van der Waals surface area contributed by atoms with Crippen LogP contribution in [-0.4, -0.2) is 30.6 Å². The normalized spacial score (nSPS) is 21.9. The summed E-state index contributed by atoms with van der Waals surface area (Å²) in [5, 5.41) is 0. The second kappa shape index (κ2) is 5.95. The predicted octanol–water partition coefficient (Wildman–Crippen LogP) is 2.16. The van der Waals surface area contributed by atoms with Crippen LogP contribution in [0.4, 0.5) is 4.79 Å². The number of rotatable bonds is 3. The largest absolute Gasteiger partial charge is 0.341 e. The molecular formula is C11H22N2O2. The highest BCUT2D eigenvalue weighted by molar-refractivity contribution is 5.73. The zero-order chi connectivity index (χ0) is 11.3. The van der Waals surface area contributed by atoms with Gasteiger partial charge in [-0.1, -0.05) is 13.8 Å². The van der Waals surface area contributed by atoms with E-state index in [-0.39, 0.29) is 6.03 Å². The Bertz CT molecular complexity index is 207. The Morgan fingerprint density at radius 1 is 1.53 bits per heavy atom. The maximum atomic E-state index is 11.7. The molecule has 4 nitrogen and oxygen atoms in total. The van der Waals surface area contributed by atoms with E-state index in [0.29, 0.717) is 12.0 Å². The van der Waals surface area contributed by atoms with Crippen LogP contribution in [0, 0.1) is 5.92 Å². The first-order valence-corrected chi connectivity index (χ1v) is 5.74. The topological polar surface area (TPSA) is 41.6 Å². The van der Waals surface area contributed by atoms with Crippen molar-refractivity contribution in [1.82, 2.24) is 10.4 Å². The summed E-state index contributed by atoms with van der Waals surface area (Å²) in [6.07, 6.45) is 4.53. The third kappa shape index (κ3) is 3.70. The maximum absolute atomic E-state index is 11.7. The molecule has 0 aliphatic carbocycles. The van der Waals surface area contributed by atoms with E-state index in [1.807, 2.05) is 4.90 Å². The Balaban J connectivity index is 2.52. The van der Waals surface area contributed by atoms with Crippen molar-refractivity contribution in [3.8, 4) is 0 Å². The Kier molecular flexibility index (Phi) is 4.88. The van der Waals surface area contributed by atoms with E-state index in [4.69, 9.17) is 0 Å². The maximum Gasteiger partial charge on any atom is 0.341 e. The Labute approximate surface area is 91.9 Å². The molecule has 1 saturated heterocycles. The Morgan fingerprint density at radius 3 is 2.87 bits per heavy atom. The molecular weight excluding hydrogens is 192 g/mol. The molecule has 0 aromatic rings. The molecule has 2 amide bonds. The zero-order valence-corrected chi connectivity index (χ0v) is 9.95. The van der Waals surface area contributed by atoms with Gasteiger partial charge in [0.05, 0.1) is 7.11 Å². The number of hydrogen-bond donors (Lipinski definition) is 1. The highest BCUT2D eigenvalue weighted by Crippen LogP contribution is 2.22. The summed E-state index contributed by atoms with van der Waals surface area (Å²) in [6.45, 7) is 5.24. The summed E-state index contributed by atoms with van der Waals surface area (Å²) in [5.41, 5.74) is 2.41. The highest BCUT2D eigenvalue weighted by atomic mass is 16.6. The van der Waals surface area contributed by atoms with E-state index in [9.17, 15) is 4.79 Å². The van der Waals surface area contributed by atoms with Crippen molar-refractivity contribution < 1.29 is 9.63 Å². The molecule has 15 heavy (non-hydrogen) atoms. The number of hydroxylamine groups is 1. The van der Waals surface area contributed by atoms with Crippen LogP contribution in [0.3, 0.4) is 0 Å². The molecule has 0 unspecified atom stereocenters. The number of amides is 2. The highest BCUT2D eigenvalue weighted by Gasteiger charge is 2.26. The molecule has 0 radical (unpaired) electrons. The fourth-order valence-electron chi connectivity index (χ4n) is 2.20. The number of hydrogen-bond acceptors (Lipinski definition) is 2. The molecule has 0 spiro atoms. The smallest absolute Gasteiger partial charge is 0.320 e. The van der Waals surface area contributed by atoms with Crippen LogP contribution in [0.1, 0.15) is 39.5 Å². The fourth-order valence-corrected chi connectivity index (χ4v) is 2.20. The van der Waals surface area contributed by atoms with Crippen LogP contribution < -0.4 is 5.48 Å². The number of urea groups is 1. The zero-order valence-electron chi connectivity index (χ0n) is 9.95. The Hall–Kier alpha value is -0.770. The molecule has 1 heterocycles. The van der Waals surface area contributed by atoms with Gasteiger partial charge in [-0.3, -0.25) is 4.84 Å². The predicted molar refractivity (Wildman–Crippen MR) is 59.3 cm³/mol. The first kappa shape index (κ1) is 12.3. The van der Waals surface area contributed by atoms with E-state index in [1.165, 1.54) is 13.5 Å². The molecule has 1 rings (SSSR count). The molecule has 1 fully saturated rings. The van der Waals surface area contributed by atoms with Gasteiger partial charge in [-0.2, -0.15) is 0 Å². The van der Waals surface area contributed by atoms with Gasteiger partial charge in [0.1, 0.15) is 0 Å². The molecule has 1 aliphatic rings. The third-order valence-electron chi connectivity index (χ3n) is 2.82. The van der Waals surface area contributed by atoms with Gasteiger partial charge < -0.3 is 4.90 Å². The van der Waals surface area contributed by atoms with Gasteiger partial charge in [0.15, 0.2) is 0 Å². The van der Waals surface area contributed by atoms with E-state index < -0.39 is 0 Å². The molecule has 4 heteroatoms. The average molecular weight is 214 g/mol. The summed E-state index contributed by atoms with van der Waals surface area (Å²) in [6, 6.07) is 0.289. The number of piperidine rings is 1. The first-order valence-electron chi connectivity index (χ1n) is 5.74. The molecule has 88 valence electrons. The minimum absolute atomic E-state index is 0.0946. The number of carbonyl (C=O) groups excluding carboxylic acids is 1. The number of nitrogens with one attached hydrogen (secondary N) is 1. The quantitative estimate of drug-likeness (QED) is 0.731. The van der Waals surface area contributed by atoms with Crippen LogP contribution >= 0.6 is 0 Å². The van der Waals surface area contributed by atoms with E-state index in [0.717, 1.165) is 25.8 Å². The Morgan fingerprint density at radius 2 is 2.27 bits per heavy atom. The van der Waals surface area contributed by atoms with Crippen LogP contribution in [0.15, 0.2) is 0 Å². The van der Waals surface area contributed by atoms with Crippen molar-refractivity contribution in [3.05, 3.63) is 0 Å². The van der Waals surface area contributed by atoms with Gasteiger partial charge in [-0.15, -0.1) is 0 Å². The standard InChI is InChI=1S/C11H22N2O2/c1-9(2)8-10-6-4-5-7-13(10)11(14)12-15-3/h9-10H,4-8H2,1-3H3,(H,12,14)/t10-/m1/s1. The number of nitrogens with zero attached hydrogens (tertiary/aromatic N) is 1. The van der Waals surface area contributed by atoms with Crippen molar-refractivity contribution in [1.29, 1.82) is 0 Å². The number of carbonyl (C=O) groups is 1. The molecule has 1 N–H and O–H groups in total. The van der Waals surface area contributed by atoms with Crippen molar-refractivity contribution >= 4 is 6.03 Å². The van der Waals surface area contributed by atoms with E-state index in [1.54, 1.807) is 0 Å². The molecule has 1 atom stereocenters. The van der Waals surface area contributed by atoms with E-state index >= 15 is 0 Å². The summed E-state index contributed by atoms with van der Waals surface area (Å²) >= 11 is 0. The lowest BCUT2D eigenvalue weighted by atomic mass is 9.94. The van der Waals surface area contributed by atoms with Crippen LogP contribution in [0.25, 0.3) is 0 Å². The van der Waals surface area contributed by atoms with Crippen molar-refractivity contribution in [2.24, 2.45) is 5.92 Å². The summed E-state index contributed by atoms with van der Waals surface area (Å²) in [5.74, 6) is 0.631. The van der Waals surface area contributed by atoms with Gasteiger partial charge in [0.25, 0.3) is 0 Å². The van der Waals surface area contributed by atoms with Crippen molar-refractivity contribution in [2.45, 2.75) is 45.6 Å². The summed E-state index contributed by atoms with van der Waals surface area (Å²) in [4.78, 5) is 18.3. The second-order valence-electron chi connectivity index (χ2n) is 4.58. The van der Waals surface area contributed by atoms with Crippen LogP contribution in [-0.2, 0) is 4.84 Å². The first-order chi connectivity index (χ1) is 7.15. The minimum atomic E-state index is -0.0946. The van der Waals surface area contributed by atoms with Crippen LogP contribution in [0.5, 0.6) is 0 Å². The average Bonchev–Trinajstić information content (AvgIpc) is 2.18. The van der Waals surface area contributed by atoms with Crippen molar-refractivity contribution in [2.75, 3.05) is 13.7 Å². The van der Waals surface area contributed by atoms with Gasteiger partial charge >= 0.3 is 6.03 Å². The van der Waals surface area contributed by atoms with Crippen LogP contribution in [0.2, 0.25) is 0 Å². The SMILES string of the molecule is CONC(=O)N1CCCC[C@@H]1CC(C)C. The molecule has 1 aliphatic heterocycles. The third-order valence-corrected chi connectivity index (χ3v) is 2.82. The van der Waals surface area contributed by atoms with Gasteiger partial charge in [0, 0.05) is 12.6 Å². The number of likely N-dealkylation sites (tertiary alicyclic amines) is 1. The molecule has 0 saturated carbocycles. The summed E-state index contributed by atoms with van der Waals surface area (Å²) in [7, 11) is 1.47.